The molecule has 1 nitrogen and oxygen atoms in total. The van der Waals surface area contributed by atoms with Crippen molar-refractivity contribution in [2.75, 3.05) is 13.6 Å². The van der Waals surface area contributed by atoms with E-state index in [1.807, 2.05) is 7.05 Å². The standard InChI is InChI=1S/C13H20BrN/c1-4-13(2,10-15-3)9-11-6-5-7-12(14)8-11/h5-8,15H,4,9-10H2,1-3H3. The Bertz CT molecular complexity index is 311. The van der Waals surface area contributed by atoms with Gasteiger partial charge in [-0.2, -0.15) is 0 Å². The first-order valence-corrected chi connectivity index (χ1v) is 6.28. The van der Waals surface area contributed by atoms with Gasteiger partial charge in [-0.15, -0.1) is 0 Å². The SMILES string of the molecule is CCC(C)(CNC)Cc1cccc(Br)c1. The summed E-state index contributed by atoms with van der Waals surface area (Å²) in [6, 6.07) is 8.59. The number of benzene rings is 1. The summed E-state index contributed by atoms with van der Waals surface area (Å²) in [5.74, 6) is 0. The number of hydrogen-bond donors (Lipinski definition) is 1. The Balaban J connectivity index is 2.74. The van der Waals surface area contributed by atoms with E-state index in [9.17, 15) is 0 Å². The van der Waals surface area contributed by atoms with Crippen LogP contribution in [0.3, 0.4) is 0 Å². The lowest BCUT2D eigenvalue weighted by molar-refractivity contribution is 0.299. The molecule has 0 saturated heterocycles. The molecular formula is C13H20BrN. The topological polar surface area (TPSA) is 12.0 Å². The quantitative estimate of drug-likeness (QED) is 0.861. The molecule has 1 N–H and O–H groups in total. The van der Waals surface area contributed by atoms with Crippen LogP contribution in [0.4, 0.5) is 0 Å². The molecule has 1 atom stereocenters. The van der Waals surface area contributed by atoms with Crippen LogP contribution >= 0.6 is 15.9 Å². The first-order chi connectivity index (χ1) is 7.09. The number of rotatable bonds is 5. The second kappa shape index (κ2) is 5.66. The Kier molecular flexibility index (Phi) is 4.81. The van der Waals surface area contributed by atoms with Crippen LogP contribution < -0.4 is 5.32 Å². The summed E-state index contributed by atoms with van der Waals surface area (Å²) >= 11 is 3.51. The van der Waals surface area contributed by atoms with Crippen LogP contribution in [0.1, 0.15) is 25.8 Å². The highest BCUT2D eigenvalue weighted by molar-refractivity contribution is 9.10. The average Bonchev–Trinajstić information content (AvgIpc) is 2.18. The Hall–Kier alpha value is -0.340. The van der Waals surface area contributed by atoms with Crippen molar-refractivity contribution in [2.24, 2.45) is 5.41 Å². The summed E-state index contributed by atoms with van der Waals surface area (Å²) in [5.41, 5.74) is 1.76. The molecule has 0 aromatic heterocycles. The fourth-order valence-corrected chi connectivity index (χ4v) is 2.33. The van der Waals surface area contributed by atoms with Crippen molar-refractivity contribution in [2.45, 2.75) is 26.7 Å². The predicted molar refractivity (Wildman–Crippen MR) is 70.2 cm³/mol. The van der Waals surface area contributed by atoms with Gasteiger partial charge in [-0.3, -0.25) is 0 Å². The maximum Gasteiger partial charge on any atom is 0.0177 e. The fourth-order valence-electron chi connectivity index (χ4n) is 1.88. The third-order valence-corrected chi connectivity index (χ3v) is 3.47. The highest BCUT2D eigenvalue weighted by Crippen LogP contribution is 2.26. The van der Waals surface area contributed by atoms with Gasteiger partial charge in [0.15, 0.2) is 0 Å². The van der Waals surface area contributed by atoms with Crippen LogP contribution in [-0.4, -0.2) is 13.6 Å². The van der Waals surface area contributed by atoms with Gasteiger partial charge in [0.1, 0.15) is 0 Å². The molecule has 0 fully saturated rings. The van der Waals surface area contributed by atoms with Gasteiger partial charge in [-0.1, -0.05) is 41.9 Å². The van der Waals surface area contributed by atoms with E-state index in [4.69, 9.17) is 0 Å². The molecule has 1 aromatic carbocycles. The van der Waals surface area contributed by atoms with E-state index in [1.165, 1.54) is 16.5 Å². The Morgan fingerprint density at radius 3 is 2.67 bits per heavy atom. The van der Waals surface area contributed by atoms with Crippen LogP contribution in [0, 0.1) is 5.41 Å². The van der Waals surface area contributed by atoms with Crippen molar-refractivity contribution >= 4 is 15.9 Å². The second-order valence-electron chi connectivity index (χ2n) is 4.50. The fraction of sp³-hybridized carbons (Fsp3) is 0.538. The maximum absolute atomic E-state index is 3.51. The largest absolute Gasteiger partial charge is 0.319 e. The molecule has 2 heteroatoms. The second-order valence-corrected chi connectivity index (χ2v) is 5.42. The number of hydrogen-bond acceptors (Lipinski definition) is 1. The third kappa shape index (κ3) is 3.96. The van der Waals surface area contributed by atoms with Crippen molar-refractivity contribution in [3.05, 3.63) is 34.3 Å². The predicted octanol–water partition coefficient (Wildman–Crippen LogP) is 3.63. The van der Waals surface area contributed by atoms with Crippen LogP contribution in [0.15, 0.2) is 28.7 Å². The summed E-state index contributed by atoms with van der Waals surface area (Å²) in [4.78, 5) is 0. The van der Waals surface area contributed by atoms with Gasteiger partial charge in [0.05, 0.1) is 0 Å². The van der Waals surface area contributed by atoms with Gasteiger partial charge in [-0.05, 0) is 43.0 Å². The first kappa shape index (κ1) is 12.7. The number of nitrogens with one attached hydrogen (secondary N) is 1. The molecule has 1 rings (SSSR count). The lowest BCUT2D eigenvalue weighted by Gasteiger charge is -2.28. The van der Waals surface area contributed by atoms with Crippen LogP contribution in [0.25, 0.3) is 0 Å². The highest BCUT2D eigenvalue weighted by Gasteiger charge is 2.21. The lowest BCUT2D eigenvalue weighted by atomic mass is 9.81. The van der Waals surface area contributed by atoms with Gasteiger partial charge >= 0.3 is 0 Å². The van der Waals surface area contributed by atoms with Gasteiger partial charge in [-0.25, -0.2) is 0 Å². The first-order valence-electron chi connectivity index (χ1n) is 5.49. The van der Waals surface area contributed by atoms with Crippen LogP contribution in [0.5, 0.6) is 0 Å². The zero-order valence-corrected chi connectivity index (χ0v) is 11.4. The van der Waals surface area contributed by atoms with Gasteiger partial charge in [0.2, 0.25) is 0 Å². The average molecular weight is 270 g/mol. The molecule has 0 aliphatic heterocycles. The Morgan fingerprint density at radius 2 is 2.13 bits per heavy atom. The molecule has 1 unspecified atom stereocenters. The maximum atomic E-state index is 3.51. The molecular weight excluding hydrogens is 250 g/mol. The summed E-state index contributed by atoms with van der Waals surface area (Å²) in [6.45, 7) is 5.66. The van der Waals surface area contributed by atoms with E-state index in [1.54, 1.807) is 0 Å². The molecule has 0 aliphatic rings. The summed E-state index contributed by atoms with van der Waals surface area (Å²) < 4.78 is 1.17. The van der Waals surface area contributed by atoms with Crippen molar-refractivity contribution in [3.63, 3.8) is 0 Å². The van der Waals surface area contributed by atoms with Crippen LogP contribution in [-0.2, 0) is 6.42 Å². The summed E-state index contributed by atoms with van der Waals surface area (Å²) in [7, 11) is 2.02. The van der Waals surface area contributed by atoms with E-state index >= 15 is 0 Å². The minimum atomic E-state index is 0.357. The summed E-state index contributed by atoms with van der Waals surface area (Å²) in [6.07, 6.45) is 2.32. The van der Waals surface area contributed by atoms with E-state index in [0.29, 0.717) is 5.41 Å². The van der Waals surface area contributed by atoms with E-state index < -0.39 is 0 Å². The molecule has 0 heterocycles. The van der Waals surface area contributed by atoms with Crippen LogP contribution in [0.2, 0.25) is 0 Å². The normalized spacial score (nSPS) is 14.9. The van der Waals surface area contributed by atoms with Gasteiger partial charge < -0.3 is 5.32 Å². The molecule has 0 spiro atoms. The molecule has 84 valence electrons. The molecule has 0 bridgehead atoms. The van der Waals surface area contributed by atoms with Gasteiger partial charge in [0, 0.05) is 11.0 Å². The van der Waals surface area contributed by atoms with Crippen molar-refractivity contribution < 1.29 is 0 Å². The Morgan fingerprint density at radius 1 is 1.40 bits per heavy atom. The number of halogens is 1. The third-order valence-electron chi connectivity index (χ3n) is 2.98. The molecule has 1 aromatic rings. The van der Waals surface area contributed by atoms with E-state index in [2.05, 4.69) is 59.4 Å². The Labute approximate surface area is 101 Å². The van der Waals surface area contributed by atoms with E-state index in [0.717, 1.165) is 13.0 Å². The molecule has 0 aliphatic carbocycles. The minimum absolute atomic E-state index is 0.357. The molecule has 0 amide bonds. The summed E-state index contributed by atoms with van der Waals surface area (Å²) in [5, 5.41) is 3.28. The van der Waals surface area contributed by atoms with Gasteiger partial charge in [0.25, 0.3) is 0 Å². The highest BCUT2D eigenvalue weighted by atomic mass is 79.9. The molecule has 15 heavy (non-hydrogen) atoms. The van der Waals surface area contributed by atoms with Crippen molar-refractivity contribution in [3.8, 4) is 0 Å². The van der Waals surface area contributed by atoms with Crippen molar-refractivity contribution in [1.82, 2.24) is 5.32 Å². The minimum Gasteiger partial charge on any atom is -0.319 e. The zero-order valence-electron chi connectivity index (χ0n) is 9.81. The van der Waals surface area contributed by atoms with E-state index in [-0.39, 0.29) is 0 Å². The van der Waals surface area contributed by atoms with Crippen molar-refractivity contribution in [1.29, 1.82) is 0 Å². The smallest absolute Gasteiger partial charge is 0.0177 e. The molecule has 0 radical (unpaired) electrons. The lowest BCUT2D eigenvalue weighted by Crippen LogP contribution is -2.31. The zero-order chi connectivity index (χ0) is 11.3. The molecule has 0 saturated carbocycles. The monoisotopic (exact) mass is 269 g/mol.